The van der Waals surface area contributed by atoms with Crippen LogP contribution in [-0.4, -0.2) is 83.9 Å². The van der Waals surface area contributed by atoms with Crippen molar-refractivity contribution in [2.24, 2.45) is 5.92 Å². The number of hydrogen-bond acceptors (Lipinski definition) is 7. The summed E-state index contributed by atoms with van der Waals surface area (Å²) in [7, 11) is 2.00. The van der Waals surface area contributed by atoms with Crippen LogP contribution in [0.15, 0.2) is 29.0 Å². The molecule has 252 valence electrons. The molecule has 1 aromatic carbocycles. The highest BCUT2D eigenvalue weighted by atomic mass is 19.1. The standard InChI is InChI=1S/C34H49FN6O5/c1-6-28(42)37-30(34(45)41-17-15-40(5)16-18-41)22(4)24-13-14-27(26(35)19-24)36-33(44)31(23-11-9-7-8-10-12-23)38-32(43)25-20-46-39-29(25)21(2)3/h13-14,19-23,30-31H,6-12,15-18H2,1-5H3,(H,36,44)(H,37,42)(H,38,43). The van der Waals surface area contributed by atoms with Gasteiger partial charge in [0.2, 0.25) is 17.7 Å². The maximum atomic E-state index is 15.6. The average molecular weight is 641 g/mol. The zero-order valence-corrected chi connectivity index (χ0v) is 27.7. The van der Waals surface area contributed by atoms with E-state index in [1.165, 1.54) is 18.4 Å². The van der Waals surface area contributed by atoms with Crippen LogP contribution in [0.2, 0.25) is 0 Å². The number of carbonyl (C=O) groups excluding carboxylic acids is 4. The first-order valence-electron chi connectivity index (χ1n) is 16.6. The lowest BCUT2D eigenvalue weighted by Gasteiger charge is -2.36. The van der Waals surface area contributed by atoms with E-state index in [0.29, 0.717) is 24.3 Å². The van der Waals surface area contributed by atoms with Gasteiger partial charge in [0.05, 0.1) is 11.4 Å². The van der Waals surface area contributed by atoms with Gasteiger partial charge >= 0.3 is 0 Å². The summed E-state index contributed by atoms with van der Waals surface area (Å²) >= 11 is 0. The molecule has 11 nitrogen and oxygen atoms in total. The molecule has 0 spiro atoms. The van der Waals surface area contributed by atoms with Crippen LogP contribution in [0.3, 0.4) is 0 Å². The summed E-state index contributed by atoms with van der Waals surface area (Å²) in [6.45, 7) is 9.88. The Morgan fingerprint density at radius 1 is 1.00 bits per heavy atom. The maximum absolute atomic E-state index is 15.6. The van der Waals surface area contributed by atoms with Crippen LogP contribution < -0.4 is 16.0 Å². The van der Waals surface area contributed by atoms with Gasteiger partial charge in [-0.3, -0.25) is 19.2 Å². The molecule has 3 N–H and O–H groups in total. The molecule has 3 unspecified atom stereocenters. The quantitative estimate of drug-likeness (QED) is 0.310. The Bertz CT molecular complexity index is 1360. The number of anilines is 1. The van der Waals surface area contributed by atoms with Crippen molar-refractivity contribution in [3.8, 4) is 0 Å². The van der Waals surface area contributed by atoms with Gasteiger partial charge in [0, 0.05) is 38.5 Å². The molecule has 4 rings (SSSR count). The Balaban J connectivity index is 1.53. The summed E-state index contributed by atoms with van der Waals surface area (Å²) in [6, 6.07) is 2.69. The molecular formula is C34H49FN6O5. The van der Waals surface area contributed by atoms with Gasteiger partial charge in [-0.2, -0.15) is 0 Å². The summed E-state index contributed by atoms with van der Waals surface area (Å²) in [5.41, 5.74) is 1.28. The molecule has 2 aliphatic rings. The van der Waals surface area contributed by atoms with Crippen molar-refractivity contribution in [3.05, 3.63) is 47.1 Å². The minimum absolute atomic E-state index is 0.0267. The van der Waals surface area contributed by atoms with Crippen molar-refractivity contribution < 1.29 is 28.1 Å². The van der Waals surface area contributed by atoms with E-state index in [1.807, 2.05) is 20.9 Å². The molecule has 1 aromatic heterocycles. The number of hydrogen-bond donors (Lipinski definition) is 3. The highest BCUT2D eigenvalue weighted by Gasteiger charge is 2.35. The highest BCUT2D eigenvalue weighted by Crippen LogP contribution is 2.29. The van der Waals surface area contributed by atoms with Gasteiger partial charge in [0.1, 0.15) is 29.7 Å². The molecule has 2 heterocycles. The van der Waals surface area contributed by atoms with Crippen molar-refractivity contribution in [2.45, 2.75) is 96.6 Å². The van der Waals surface area contributed by atoms with E-state index in [-0.39, 0.29) is 41.3 Å². The van der Waals surface area contributed by atoms with Gasteiger partial charge in [-0.15, -0.1) is 0 Å². The number of halogens is 1. The number of nitrogens with one attached hydrogen (secondary N) is 3. The van der Waals surface area contributed by atoms with Gasteiger partial charge in [0.25, 0.3) is 5.91 Å². The molecule has 1 aliphatic carbocycles. The Hall–Kier alpha value is -3.80. The van der Waals surface area contributed by atoms with Crippen molar-refractivity contribution >= 4 is 29.3 Å². The number of rotatable bonds is 11. The summed E-state index contributed by atoms with van der Waals surface area (Å²) in [5.74, 6) is -2.77. The van der Waals surface area contributed by atoms with Crippen LogP contribution >= 0.6 is 0 Å². The highest BCUT2D eigenvalue weighted by molar-refractivity contribution is 6.01. The van der Waals surface area contributed by atoms with Gasteiger partial charge in [-0.1, -0.05) is 64.6 Å². The zero-order valence-electron chi connectivity index (χ0n) is 27.7. The van der Waals surface area contributed by atoms with Crippen LogP contribution in [0.4, 0.5) is 10.1 Å². The Labute approximate surface area is 271 Å². The molecule has 1 aliphatic heterocycles. The largest absolute Gasteiger partial charge is 0.364 e. The second kappa shape index (κ2) is 16.2. The Morgan fingerprint density at radius 3 is 2.28 bits per heavy atom. The van der Waals surface area contributed by atoms with Crippen LogP contribution in [0.1, 0.15) is 106 Å². The lowest BCUT2D eigenvalue weighted by atomic mass is 9.90. The molecule has 3 atom stereocenters. The van der Waals surface area contributed by atoms with E-state index in [2.05, 4.69) is 26.0 Å². The number of carbonyl (C=O) groups is 4. The molecule has 1 saturated carbocycles. The molecule has 0 radical (unpaired) electrons. The minimum atomic E-state index is -0.881. The number of benzene rings is 1. The topological polar surface area (TPSA) is 137 Å². The maximum Gasteiger partial charge on any atom is 0.257 e. The Kier molecular flexibility index (Phi) is 12.3. The number of nitrogens with zero attached hydrogens (tertiary/aromatic N) is 3. The zero-order chi connectivity index (χ0) is 33.4. The third-order valence-corrected chi connectivity index (χ3v) is 9.32. The van der Waals surface area contributed by atoms with Crippen LogP contribution in [0.5, 0.6) is 0 Å². The first-order valence-corrected chi connectivity index (χ1v) is 16.6. The van der Waals surface area contributed by atoms with E-state index in [4.69, 9.17) is 4.52 Å². The number of piperazine rings is 1. The molecule has 12 heteroatoms. The van der Waals surface area contributed by atoms with E-state index in [0.717, 1.165) is 51.6 Å². The predicted molar refractivity (Wildman–Crippen MR) is 173 cm³/mol. The minimum Gasteiger partial charge on any atom is -0.364 e. The fourth-order valence-electron chi connectivity index (χ4n) is 6.31. The lowest BCUT2D eigenvalue weighted by Crippen LogP contribution is -2.55. The molecule has 0 bridgehead atoms. The monoisotopic (exact) mass is 640 g/mol. The predicted octanol–water partition coefficient (Wildman–Crippen LogP) is 4.42. The van der Waals surface area contributed by atoms with Crippen molar-refractivity contribution in [3.63, 3.8) is 0 Å². The number of amides is 4. The summed E-state index contributed by atoms with van der Waals surface area (Å²) in [5, 5.41) is 12.4. The van der Waals surface area contributed by atoms with E-state index in [1.54, 1.807) is 24.8 Å². The van der Waals surface area contributed by atoms with Crippen molar-refractivity contribution in [2.75, 3.05) is 38.5 Å². The van der Waals surface area contributed by atoms with Crippen LogP contribution in [0.25, 0.3) is 0 Å². The van der Waals surface area contributed by atoms with E-state index in [9.17, 15) is 19.2 Å². The molecule has 46 heavy (non-hydrogen) atoms. The van der Waals surface area contributed by atoms with Gasteiger partial charge < -0.3 is 30.3 Å². The van der Waals surface area contributed by atoms with Gasteiger partial charge in [0.15, 0.2) is 0 Å². The molecule has 4 amide bonds. The summed E-state index contributed by atoms with van der Waals surface area (Å²) < 4.78 is 20.7. The van der Waals surface area contributed by atoms with Gasteiger partial charge in [-0.05, 0) is 49.4 Å². The fraction of sp³-hybridized carbons (Fsp3) is 0.618. The van der Waals surface area contributed by atoms with Gasteiger partial charge in [-0.25, -0.2) is 4.39 Å². The Morgan fingerprint density at radius 2 is 1.67 bits per heavy atom. The fourth-order valence-corrected chi connectivity index (χ4v) is 6.31. The third-order valence-electron chi connectivity index (χ3n) is 9.32. The molecule has 1 saturated heterocycles. The lowest BCUT2D eigenvalue weighted by molar-refractivity contribution is -0.138. The van der Waals surface area contributed by atoms with Crippen molar-refractivity contribution in [1.82, 2.24) is 25.6 Å². The molecule has 2 aromatic rings. The first-order chi connectivity index (χ1) is 22.0. The van der Waals surface area contributed by atoms with E-state index < -0.39 is 35.6 Å². The summed E-state index contributed by atoms with van der Waals surface area (Å²) in [4.78, 5) is 56.9. The second-order valence-corrected chi connectivity index (χ2v) is 13.0. The van der Waals surface area contributed by atoms with E-state index >= 15 is 4.39 Å². The van der Waals surface area contributed by atoms with Crippen LogP contribution in [-0.2, 0) is 14.4 Å². The smallest absolute Gasteiger partial charge is 0.257 e. The average Bonchev–Trinajstić information content (AvgIpc) is 3.40. The number of likely N-dealkylation sites (N-methyl/N-ethyl adjacent to an activating group) is 1. The normalized spacial score (nSPS) is 18.4. The number of aromatic nitrogens is 1. The third kappa shape index (κ3) is 8.71. The van der Waals surface area contributed by atoms with Crippen molar-refractivity contribution in [1.29, 1.82) is 0 Å². The summed E-state index contributed by atoms with van der Waals surface area (Å²) in [6.07, 6.45) is 7.05. The second-order valence-electron chi connectivity index (χ2n) is 13.0. The molecular weight excluding hydrogens is 591 g/mol. The molecule has 2 fully saturated rings. The first kappa shape index (κ1) is 35.1. The van der Waals surface area contributed by atoms with Crippen LogP contribution in [0, 0.1) is 11.7 Å². The SMILES string of the molecule is CCC(=O)NC(C(=O)N1CCN(C)CC1)C(C)c1ccc(NC(=O)C(NC(=O)c2conc2C(C)C)C2CCCCCC2)c(F)c1.